The van der Waals surface area contributed by atoms with Gasteiger partial charge >= 0.3 is 0 Å². The SMILES string of the molecule is CC(c1ccc(Cl)cc1)n1cnc(-c2ccccc2)c1-c1c(C(=O)Nc2cccnc2N2CCC(c3ccncc3)CC2)[nH]c2cc(Cl)ccc12. The molecule has 0 saturated carbocycles. The highest BCUT2D eigenvalue weighted by Gasteiger charge is 2.29. The first-order valence-electron chi connectivity index (χ1n) is 17.0. The number of imidazole rings is 1. The third-order valence-electron chi connectivity index (χ3n) is 9.84. The van der Waals surface area contributed by atoms with Crippen LogP contribution in [-0.2, 0) is 0 Å². The number of rotatable bonds is 8. The van der Waals surface area contributed by atoms with Crippen molar-refractivity contribution in [2.24, 2.45) is 0 Å². The van der Waals surface area contributed by atoms with Gasteiger partial charge in [-0.2, -0.15) is 0 Å². The molecule has 5 heterocycles. The van der Waals surface area contributed by atoms with Crippen molar-refractivity contribution >= 4 is 51.5 Å². The van der Waals surface area contributed by atoms with Gasteiger partial charge in [-0.1, -0.05) is 71.7 Å². The summed E-state index contributed by atoms with van der Waals surface area (Å²) in [5, 5.41) is 5.33. The van der Waals surface area contributed by atoms with E-state index in [0.29, 0.717) is 27.3 Å². The topological polar surface area (TPSA) is 91.7 Å². The highest BCUT2D eigenvalue weighted by molar-refractivity contribution is 6.31. The van der Waals surface area contributed by atoms with Crippen LogP contribution in [0.3, 0.4) is 0 Å². The van der Waals surface area contributed by atoms with Crippen molar-refractivity contribution in [3.63, 3.8) is 0 Å². The molecule has 1 amide bonds. The van der Waals surface area contributed by atoms with Crippen molar-refractivity contribution in [3.8, 4) is 22.5 Å². The third-order valence-corrected chi connectivity index (χ3v) is 10.3. The predicted octanol–water partition coefficient (Wildman–Crippen LogP) is 10.0. The molecule has 4 aromatic heterocycles. The maximum Gasteiger partial charge on any atom is 0.272 e. The molecule has 0 bridgehead atoms. The van der Waals surface area contributed by atoms with Crippen LogP contribution in [0.5, 0.6) is 0 Å². The van der Waals surface area contributed by atoms with Gasteiger partial charge in [-0.15, -0.1) is 0 Å². The zero-order valence-electron chi connectivity index (χ0n) is 27.9. The van der Waals surface area contributed by atoms with Gasteiger partial charge in [-0.25, -0.2) is 9.97 Å². The number of anilines is 2. The Morgan fingerprint density at radius 3 is 2.37 bits per heavy atom. The summed E-state index contributed by atoms with van der Waals surface area (Å²) in [6, 6.07) is 31.4. The first kappa shape index (κ1) is 32.7. The van der Waals surface area contributed by atoms with E-state index in [9.17, 15) is 4.79 Å². The number of nitrogens with zero attached hydrogens (tertiary/aromatic N) is 5. The van der Waals surface area contributed by atoms with E-state index in [1.807, 2.05) is 104 Å². The van der Waals surface area contributed by atoms with E-state index in [0.717, 1.165) is 70.7 Å². The molecule has 8 nitrogen and oxygen atoms in total. The van der Waals surface area contributed by atoms with Crippen molar-refractivity contribution in [2.75, 3.05) is 23.3 Å². The average Bonchev–Trinajstić information content (AvgIpc) is 3.77. The number of hydrogen-bond acceptors (Lipinski definition) is 5. The van der Waals surface area contributed by atoms with Gasteiger partial charge in [0.25, 0.3) is 5.91 Å². The smallest absolute Gasteiger partial charge is 0.272 e. The van der Waals surface area contributed by atoms with Crippen LogP contribution >= 0.6 is 23.2 Å². The number of piperidine rings is 1. The number of aromatic amines is 1. The van der Waals surface area contributed by atoms with Crippen LogP contribution < -0.4 is 10.2 Å². The molecule has 1 aliphatic rings. The second kappa shape index (κ2) is 14.1. The lowest BCUT2D eigenvalue weighted by Gasteiger charge is -2.34. The second-order valence-electron chi connectivity index (χ2n) is 12.9. The zero-order valence-corrected chi connectivity index (χ0v) is 29.4. The average molecular weight is 713 g/mol. The summed E-state index contributed by atoms with van der Waals surface area (Å²) >= 11 is 12.8. The fraction of sp³-hybridized carbons (Fsp3) is 0.171. The van der Waals surface area contributed by atoms with E-state index in [1.54, 1.807) is 6.20 Å². The van der Waals surface area contributed by atoms with Crippen LogP contribution in [0.2, 0.25) is 10.0 Å². The number of fused-ring (bicyclic) bond motifs is 1. The number of halogens is 2. The fourth-order valence-corrected chi connectivity index (χ4v) is 7.49. The van der Waals surface area contributed by atoms with E-state index in [-0.39, 0.29) is 11.9 Å². The molecule has 8 rings (SSSR count). The van der Waals surface area contributed by atoms with Crippen LogP contribution in [0.1, 0.15) is 53.3 Å². The lowest BCUT2D eigenvalue weighted by atomic mass is 9.90. The Labute approximate surface area is 306 Å². The summed E-state index contributed by atoms with van der Waals surface area (Å²) in [5.74, 6) is 0.931. The van der Waals surface area contributed by atoms with Crippen molar-refractivity contribution in [1.82, 2.24) is 24.5 Å². The minimum absolute atomic E-state index is 0.129. The number of amides is 1. The summed E-state index contributed by atoms with van der Waals surface area (Å²) in [4.78, 5) is 34.2. The van der Waals surface area contributed by atoms with Gasteiger partial charge in [0.1, 0.15) is 5.69 Å². The summed E-state index contributed by atoms with van der Waals surface area (Å²) in [5.41, 5.74) is 7.42. The number of benzene rings is 3. The minimum atomic E-state index is -0.288. The Hall–Kier alpha value is -5.44. The number of nitrogens with one attached hydrogen (secondary N) is 2. The first-order chi connectivity index (χ1) is 24.9. The molecule has 0 radical (unpaired) electrons. The Balaban J connectivity index is 1.20. The number of aromatic nitrogens is 5. The number of carbonyl (C=O) groups excluding carboxylic acids is 1. The summed E-state index contributed by atoms with van der Waals surface area (Å²) < 4.78 is 2.13. The molecule has 254 valence electrons. The number of pyridine rings is 2. The standard InChI is InChI=1S/C41H35Cl2N7O/c1-26(27-9-11-31(42)12-10-27)50-25-46-37(30-6-3-2-4-7-30)39(50)36-33-14-13-32(43)24-35(33)47-38(36)41(51)48-34-8-5-19-45-40(34)49-22-17-29(18-23-49)28-15-20-44-21-16-28/h2-16,19-21,24-26,29,47H,17-18,22-23H2,1H3,(H,48,51). The molecule has 2 N–H and O–H groups in total. The Bertz CT molecular complexity index is 2310. The maximum atomic E-state index is 14.6. The van der Waals surface area contributed by atoms with Crippen LogP contribution in [-0.4, -0.2) is 43.5 Å². The number of hydrogen-bond donors (Lipinski definition) is 2. The van der Waals surface area contributed by atoms with Crippen molar-refractivity contribution in [1.29, 1.82) is 0 Å². The largest absolute Gasteiger partial charge is 0.355 e. The molecule has 1 saturated heterocycles. The maximum absolute atomic E-state index is 14.6. The molecule has 0 aliphatic carbocycles. The highest BCUT2D eigenvalue weighted by Crippen LogP contribution is 2.42. The minimum Gasteiger partial charge on any atom is -0.355 e. The third kappa shape index (κ3) is 6.49. The predicted molar refractivity (Wildman–Crippen MR) is 206 cm³/mol. The van der Waals surface area contributed by atoms with Crippen LogP contribution in [0, 0.1) is 0 Å². The van der Waals surface area contributed by atoms with E-state index < -0.39 is 0 Å². The Morgan fingerprint density at radius 2 is 1.61 bits per heavy atom. The van der Waals surface area contributed by atoms with Crippen LogP contribution in [0.4, 0.5) is 11.5 Å². The van der Waals surface area contributed by atoms with E-state index in [4.69, 9.17) is 33.2 Å². The van der Waals surface area contributed by atoms with Crippen molar-refractivity contribution < 1.29 is 4.79 Å². The second-order valence-corrected chi connectivity index (χ2v) is 13.8. The number of carbonyl (C=O) groups is 1. The molecule has 0 spiro atoms. The molecular formula is C41H35Cl2N7O. The quantitative estimate of drug-likeness (QED) is 0.164. The molecule has 10 heteroatoms. The molecular weight excluding hydrogens is 677 g/mol. The molecule has 1 aliphatic heterocycles. The molecule has 1 unspecified atom stereocenters. The lowest BCUT2D eigenvalue weighted by Crippen LogP contribution is -2.34. The van der Waals surface area contributed by atoms with Gasteiger partial charge in [-0.3, -0.25) is 9.78 Å². The normalized spacial score (nSPS) is 14.1. The van der Waals surface area contributed by atoms with Gasteiger partial charge in [-0.05, 0) is 85.3 Å². The first-order valence-corrected chi connectivity index (χ1v) is 17.8. The summed E-state index contributed by atoms with van der Waals surface area (Å²) in [7, 11) is 0. The molecule has 1 fully saturated rings. The fourth-order valence-electron chi connectivity index (χ4n) is 7.19. The molecule has 7 aromatic rings. The lowest BCUT2D eigenvalue weighted by molar-refractivity contribution is 0.102. The molecule has 3 aromatic carbocycles. The molecule has 51 heavy (non-hydrogen) atoms. The van der Waals surface area contributed by atoms with E-state index >= 15 is 0 Å². The Morgan fingerprint density at radius 1 is 0.863 bits per heavy atom. The van der Waals surface area contributed by atoms with Gasteiger partial charge < -0.3 is 19.8 Å². The van der Waals surface area contributed by atoms with Gasteiger partial charge in [0, 0.05) is 63.8 Å². The van der Waals surface area contributed by atoms with Crippen molar-refractivity contribution in [3.05, 3.63) is 149 Å². The van der Waals surface area contributed by atoms with E-state index in [2.05, 4.69) is 43.8 Å². The van der Waals surface area contributed by atoms with Gasteiger partial charge in [0.15, 0.2) is 5.82 Å². The van der Waals surface area contributed by atoms with Crippen molar-refractivity contribution in [2.45, 2.75) is 31.7 Å². The zero-order chi connectivity index (χ0) is 34.9. The number of H-pyrrole nitrogens is 1. The van der Waals surface area contributed by atoms with E-state index in [1.165, 1.54) is 5.56 Å². The van der Waals surface area contributed by atoms with Crippen LogP contribution in [0.25, 0.3) is 33.4 Å². The summed E-state index contributed by atoms with van der Waals surface area (Å²) in [6.45, 7) is 3.77. The monoisotopic (exact) mass is 711 g/mol. The van der Waals surface area contributed by atoms with Gasteiger partial charge in [0.05, 0.1) is 29.4 Å². The Kier molecular flexibility index (Phi) is 9.02. The highest BCUT2D eigenvalue weighted by atomic mass is 35.5. The molecule has 1 atom stereocenters. The van der Waals surface area contributed by atoms with Gasteiger partial charge in [0.2, 0.25) is 0 Å². The van der Waals surface area contributed by atoms with Crippen LogP contribution in [0.15, 0.2) is 122 Å². The summed E-state index contributed by atoms with van der Waals surface area (Å²) in [6.07, 6.45) is 9.31.